The maximum Gasteiger partial charge on any atom is 0.247 e. The van der Waals surface area contributed by atoms with Crippen molar-refractivity contribution in [3.8, 4) is 0 Å². The van der Waals surface area contributed by atoms with Crippen LogP contribution in [0.15, 0.2) is 48.5 Å². The summed E-state index contributed by atoms with van der Waals surface area (Å²) in [5.74, 6) is -0.496. The molecule has 5 nitrogen and oxygen atoms in total. The molecule has 0 bridgehead atoms. The van der Waals surface area contributed by atoms with Gasteiger partial charge in [-0.25, -0.2) is 0 Å². The molecule has 0 saturated heterocycles. The minimum atomic E-state index is -0.583. The van der Waals surface area contributed by atoms with Crippen LogP contribution < -0.4 is 10.2 Å². The van der Waals surface area contributed by atoms with Gasteiger partial charge in [-0.15, -0.1) is 0 Å². The quantitative estimate of drug-likeness (QED) is 0.884. The summed E-state index contributed by atoms with van der Waals surface area (Å²) in [6.45, 7) is 2.94. The maximum atomic E-state index is 12.7. The molecule has 0 saturated carbocycles. The number of rotatable bonds is 3. The van der Waals surface area contributed by atoms with Crippen LogP contribution in [-0.4, -0.2) is 23.6 Å². The third kappa shape index (κ3) is 2.93. The van der Waals surface area contributed by atoms with Gasteiger partial charge in [0, 0.05) is 30.3 Å². The first-order valence-electron chi connectivity index (χ1n) is 7.77. The van der Waals surface area contributed by atoms with Crippen LogP contribution >= 0.6 is 0 Å². The van der Waals surface area contributed by atoms with E-state index < -0.39 is 6.04 Å². The number of ketones is 1. The number of benzene rings is 2. The van der Waals surface area contributed by atoms with Gasteiger partial charge in [0.1, 0.15) is 6.04 Å². The van der Waals surface area contributed by atoms with E-state index in [1.54, 1.807) is 24.3 Å². The predicted molar refractivity (Wildman–Crippen MR) is 92.2 cm³/mol. The van der Waals surface area contributed by atoms with E-state index in [-0.39, 0.29) is 17.6 Å². The number of hydrogen-bond donors (Lipinski definition) is 1. The number of nitrogens with zero attached hydrogens (tertiary/aromatic N) is 1. The number of nitrogens with one attached hydrogen (secondary N) is 1. The number of anilines is 2. The second kappa shape index (κ2) is 6.28. The lowest BCUT2D eigenvalue weighted by Gasteiger charge is -2.23. The maximum absolute atomic E-state index is 12.7. The molecule has 3 rings (SSSR count). The Morgan fingerprint density at radius 2 is 1.79 bits per heavy atom. The summed E-state index contributed by atoms with van der Waals surface area (Å²) < 4.78 is 0. The Morgan fingerprint density at radius 1 is 1.04 bits per heavy atom. The molecule has 1 aliphatic rings. The van der Waals surface area contributed by atoms with Gasteiger partial charge in [-0.05, 0) is 30.7 Å². The van der Waals surface area contributed by atoms with E-state index in [4.69, 9.17) is 0 Å². The molecule has 0 radical (unpaired) electrons. The van der Waals surface area contributed by atoms with E-state index in [9.17, 15) is 14.4 Å². The molecule has 1 atom stereocenters. The normalized spacial score (nSPS) is 15.8. The van der Waals surface area contributed by atoms with E-state index in [0.717, 1.165) is 11.3 Å². The van der Waals surface area contributed by atoms with Gasteiger partial charge >= 0.3 is 0 Å². The molecule has 2 aromatic rings. The van der Waals surface area contributed by atoms with Crippen LogP contribution in [0.5, 0.6) is 0 Å². The SMILES string of the molecule is CC(=O)c1cccc(NC(=O)C2Cc3ccccc3N2C(C)=O)c1. The third-order valence-electron chi connectivity index (χ3n) is 4.15. The molecule has 0 aliphatic carbocycles. The summed E-state index contributed by atoms with van der Waals surface area (Å²) in [4.78, 5) is 37.7. The number of fused-ring (bicyclic) bond motifs is 1. The zero-order valence-electron chi connectivity index (χ0n) is 13.6. The van der Waals surface area contributed by atoms with Gasteiger partial charge in [-0.2, -0.15) is 0 Å². The average molecular weight is 322 g/mol. The van der Waals surface area contributed by atoms with Crippen molar-refractivity contribution in [1.29, 1.82) is 0 Å². The van der Waals surface area contributed by atoms with Crippen LogP contribution in [0.25, 0.3) is 0 Å². The second-order valence-corrected chi connectivity index (χ2v) is 5.86. The van der Waals surface area contributed by atoms with Crippen LogP contribution in [0.1, 0.15) is 29.8 Å². The minimum Gasteiger partial charge on any atom is -0.324 e. The van der Waals surface area contributed by atoms with Crippen molar-refractivity contribution in [3.05, 3.63) is 59.7 Å². The van der Waals surface area contributed by atoms with Crippen LogP contribution in [0.3, 0.4) is 0 Å². The van der Waals surface area contributed by atoms with Gasteiger partial charge in [-0.1, -0.05) is 30.3 Å². The van der Waals surface area contributed by atoms with E-state index >= 15 is 0 Å². The van der Waals surface area contributed by atoms with Gasteiger partial charge in [0.05, 0.1) is 0 Å². The Labute approximate surface area is 140 Å². The van der Waals surface area contributed by atoms with Crippen molar-refractivity contribution in [2.45, 2.75) is 26.3 Å². The summed E-state index contributed by atoms with van der Waals surface area (Å²) in [5, 5.41) is 2.81. The zero-order valence-corrected chi connectivity index (χ0v) is 13.6. The first-order chi connectivity index (χ1) is 11.5. The average Bonchev–Trinajstić information content (AvgIpc) is 2.95. The zero-order chi connectivity index (χ0) is 17.3. The summed E-state index contributed by atoms with van der Waals surface area (Å²) in [7, 11) is 0. The first-order valence-corrected chi connectivity index (χ1v) is 7.77. The topological polar surface area (TPSA) is 66.5 Å². The van der Waals surface area contributed by atoms with Crippen LogP contribution in [0, 0.1) is 0 Å². The van der Waals surface area contributed by atoms with Crippen molar-refractivity contribution in [2.24, 2.45) is 0 Å². The van der Waals surface area contributed by atoms with Crippen LogP contribution in [-0.2, 0) is 16.0 Å². The lowest BCUT2D eigenvalue weighted by atomic mass is 10.1. The third-order valence-corrected chi connectivity index (χ3v) is 4.15. The molecule has 1 aliphatic heterocycles. The van der Waals surface area contributed by atoms with Crippen molar-refractivity contribution in [2.75, 3.05) is 10.2 Å². The van der Waals surface area contributed by atoms with Crippen LogP contribution in [0.4, 0.5) is 11.4 Å². The van der Waals surface area contributed by atoms with Crippen LogP contribution in [0.2, 0.25) is 0 Å². The van der Waals surface area contributed by atoms with Crippen molar-refractivity contribution >= 4 is 29.0 Å². The lowest BCUT2D eigenvalue weighted by Crippen LogP contribution is -2.44. The highest BCUT2D eigenvalue weighted by Crippen LogP contribution is 2.32. The second-order valence-electron chi connectivity index (χ2n) is 5.86. The molecule has 24 heavy (non-hydrogen) atoms. The summed E-state index contributed by atoms with van der Waals surface area (Å²) in [5.41, 5.74) is 2.84. The Bertz CT molecular complexity index is 829. The highest BCUT2D eigenvalue weighted by molar-refractivity contribution is 6.07. The highest BCUT2D eigenvalue weighted by Gasteiger charge is 2.36. The van der Waals surface area contributed by atoms with Gasteiger partial charge in [0.25, 0.3) is 0 Å². The summed E-state index contributed by atoms with van der Waals surface area (Å²) in [6.07, 6.45) is 0.480. The van der Waals surface area contributed by atoms with E-state index in [0.29, 0.717) is 17.7 Å². The smallest absolute Gasteiger partial charge is 0.247 e. The summed E-state index contributed by atoms with van der Waals surface area (Å²) >= 11 is 0. The van der Waals surface area contributed by atoms with Crippen molar-refractivity contribution in [3.63, 3.8) is 0 Å². The molecular weight excluding hydrogens is 304 g/mol. The van der Waals surface area contributed by atoms with Gasteiger partial charge in [0.15, 0.2) is 5.78 Å². The Balaban J connectivity index is 1.84. The molecule has 2 aromatic carbocycles. The molecule has 122 valence electrons. The Morgan fingerprint density at radius 3 is 2.50 bits per heavy atom. The van der Waals surface area contributed by atoms with Gasteiger partial charge in [0.2, 0.25) is 11.8 Å². The fourth-order valence-corrected chi connectivity index (χ4v) is 3.03. The van der Waals surface area contributed by atoms with Gasteiger partial charge in [-0.3, -0.25) is 19.3 Å². The standard InChI is InChI=1S/C19H18N2O3/c1-12(22)14-7-5-8-16(10-14)20-19(24)18-11-15-6-3-4-9-17(15)21(18)13(2)23/h3-10,18H,11H2,1-2H3,(H,20,24). The Hall–Kier alpha value is -2.95. The molecule has 5 heteroatoms. The molecular formula is C19H18N2O3. The molecule has 1 heterocycles. The molecule has 1 unspecified atom stereocenters. The molecule has 1 N–H and O–H groups in total. The predicted octanol–water partition coefficient (Wildman–Crippen LogP) is 2.81. The number of hydrogen-bond acceptors (Lipinski definition) is 3. The molecule has 0 spiro atoms. The summed E-state index contributed by atoms with van der Waals surface area (Å²) in [6, 6.07) is 13.7. The largest absolute Gasteiger partial charge is 0.324 e. The van der Waals surface area contributed by atoms with E-state index in [1.165, 1.54) is 18.7 Å². The van der Waals surface area contributed by atoms with E-state index in [2.05, 4.69) is 5.32 Å². The fourth-order valence-electron chi connectivity index (χ4n) is 3.03. The number of carbonyl (C=O) groups is 3. The monoisotopic (exact) mass is 322 g/mol. The molecule has 2 amide bonds. The van der Waals surface area contributed by atoms with E-state index in [1.807, 2.05) is 24.3 Å². The first kappa shape index (κ1) is 15.9. The fraction of sp³-hybridized carbons (Fsp3) is 0.211. The lowest BCUT2D eigenvalue weighted by molar-refractivity contribution is -0.122. The number of Topliss-reactive ketones (excluding diaryl/α,β-unsaturated/α-hetero) is 1. The van der Waals surface area contributed by atoms with Crippen molar-refractivity contribution < 1.29 is 14.4 Å². The highest BCUT2D eigenvalue weighted by atomic mass is 16.2. The Kier molecular flexibility index (Phi) is 4.16. The number of amides is 2. The molecule has 0 aromatic heterocycles. The molecule has 0 fully saturated rings. The minimum absolute atomic E-state index is 0.0651. The van der Waals surface area contributed by atoms with Gasteiger partial charge < -0.3 is 5.32 Å². The van der Waals surface area contributed by atoms with Crippen molar-refractivity contribution in [1.82, 2.24) is 0 Å². The number of carbonyl (C=O) groups excluding carboxylic acids is 3. The number of para-hydroxylation sites is 1.